The maximum Gasteiger partial charge on any atom is 0.243 e. The SMILES string of the molecule is CNCc1cccc(S(=O)(=O)N(C)Cc2ccoc2)c1. The average molecular weight is 294 g/mol. The minimum atomic E-state index is -3.49. The molecule has 0 saturated carbocycles. The fraction of sp³-hybridized carbons (Fsp3) is 0.286. The van der Waals surface area contributed by atoms with Crippen LogP contribution in [0.4, 0.5) is 0 Å². The van der Waals surface area contributed by atoms with E-state index in [1.54, 1.807) is 37.6 Å². The highest BCUT2D eigenvalue weighted by molar-refractivity contribution is 7.89. The molecule has 20 heavy (non-hydrogen) atoms. The third kappa shape index (κ3) is 3.27. The van der Waals surface area contributed by atoms with Crippen LogP contribution in [0.1, 0.15) is 11.1 Å². The fourth-order valence-electron chi connectivity index (χ4n) is 1.92. The summed E-state index contributed by atoms with van der Waals surface area (Å²) >= 11 is 0. The second kappa shape index (κ2) is 6.21. The van der Waals surface area contributed by atoms with Gasteiger partial charge >= 0.3 is 0 Å². The Bertz CT molecular complexity index is 651. The van der Waals surface area contributed by atoms with Crippen LogP contribution in [-0.4, -0.2) is 26.8 Å². The number of nitrogens with one attached hydrogen (secondary N) is 1. The Morgan fingerprint density at radius 1 is 1.25 bits per heavy atom. The van der Waals surface area contributed by atoms with Crippen molar-refractivity contribution in [3.8, 4) is 0 Å². The maximum atomic E-state index is 12.5. The zero-order valence-electron chi connectivity index (χ0n) is 11.5. The molecule has 0 fully saturated rings. The summed E-state index contributed by atoms with van der Waals surface area (Å²) in [5, 5.41) is 3.01. The minimum absolute atomic E-state index is 0.287. The molecule has 1 aromatic carbocycles. The van der Waals surface area contributed by atoms with Gasteiger partial charge in [-0.05, 0) is 30.8 Å². The quantitative estimate of drug-likeness (QED) is 0.882. The Hall–Kier alpha value is -1.63. The van der Waals surface area contributed by atoms with E-state index in [9.17, 15) is 8.42 Å². The van der Waals surface area contributed by atoms with E-state index in [0.717, 1.165) is 11.1 Å². The lowest BCUT2D eigenvalue weighted by molar-refractivity contribution is 0.463. The van der Waals surface area contributed by atoms with E-state index in [1.165, 1.54) is 10.6 Å². The summed E-state index contributed by atoms with van der Waals surface area (Å²) in [6, 6.07) is 8.71. The smallest absolute Gasteiger partial charge is 0.243 e. The van der Waals surface area contributed by atoms with Crippen molar-refractivity contribution in [3.05, 3.63) is 54.0 Å². The largest absolute Gasteiger partial charge is 0.472 e. The number of benzene rings is 1. The highest BCUT2D eigenvalue weighted by Crippen LogP contribution is 2.18. The maximum absolute atomic E-state index is 12.5. The highest BCUT2D eigenvalue weighted by Gasteiger charge is 2.21. The molecule has 0 bridgehead atoms. The fourth-order valence-corrected chi connectivity index (χ4v) is 3.15. The summed E-state index contributed by atoms with van der Waals surface area (Å²) in [7, 11) is -0.104. The van der Waals surface area contributed by atoms with Crippen LogP contribution in [0.2, 0.25) is 0 Å². The molecule has 1 heterocycles. The summed E-state index contributed by atoms with van der Waals surface area (Å²) in [5.41, 5.74) is 1.76. The van der Waals surface area contributed by atoms with Crippen LogP contribution in [0.25, 0.3) is 0 Å². The molecule has 2 rings (SSSR count). The molecule has 0 unspecified atom stereocenters. The molecule has 0 atom stereocenters. The van der Waals surface area contributed by atoms with Crippen LogP contribution < -0.4 is 5.32 Å². The summed E-state index contributed by atoms with van der Waals surface area (Å²) in [5.74, 6) is 0. The summed E-state index contributed by atoms with van der Waals surface area (Å²) in [6.45, 7) is 0.921. The first-order valence-electron chi connectivity index (χ1n) is 6.25. The van der Waals surface area contributed by atoms with Crippen molar-refractivity contribution in [2.24, 2.45) is 0 Å². The van der Waals surface area contributed by atoms with Crippen LogP contribution in [0.5, 0.6) is 0 Å². The van der Waals surface area contributed by atoms with Crippen molar-refractivity contribution >= 4 is 10.0 Å². The van der Waals surface area contributed by atoms with Crippen molar-refractivity contribution in [2.75, 3.05) is 14.1 Å². The molecule has 0 spiro atoms. The minimum Gasteiger partial charge on any atom is -0.472 e. The molecule has 0 aliphatic heterocycles. The number of furan rings is 1. The van der Waals surface area contributed by atoms with E-state index < -0.39 is 10.0 Å². The molecule has 0 amide bonds. The number of hydrogen-bond donors (Lipinski definition) is 1. The Kier molecular flexibility index (Phi) is 4.59. The first-order valence-corrected chi connectivity index (χ1v) is 7.69. The molecule has 2 aromatic rings. The van der Waals surface area contributed by atoms with Crippen molar-refractivity contribution in [1.29, 1.82) is 0 Å². The van der Waals surface area contributed by atoms with Gasteiger partial charge < -0.3 is 9.73 Å². The molecule has 0 saturated heterocycles. The topological polar surface area (TPSA) is 62.6 Å². The third-order valence-electron chi connectivity index (χ3n) is 2.97. The van der Waals surface area contributed by atoms with E-state index in [1.807, 2.05) is 13.1 Å². The predicted molar refractivity (Wildman–Crippen MR) is 76.6 cm³/mol. The van der Waals surface area contributed by atoms with Crippen molar-refractivity contribution in [2.45, 2.75) is 18.0 Å². The Morgan fingerprint density at radius 2 is 2.05 bits per heavy atom. The zero-order chi connectivity index (χ0) is 14.6. The van der Waals surface area contributed by atoms with Gasteiger partial charge in [0, 0.05) is 25.7 Å². The van der Waals surface area contributed by atoms with E-state index in [4.69, 9.17) is 4.42 Å². The van der Waals surface area contributed by atoms with E-state index in [2.05, 4.69) is 5.32 Å². The van der Waals surface area contributed by atoms with Crippen molar-refractivity contribution in [3.63, 3.8) is 0 Å². The van der Waals surface area contributed by atoms with Gasteiger partial charge in [-0.3, -0.25) is 0 Å². The van der Waals surface area contributed by atoms with Gasteiger partial charge in [-0.15, -0.1) is 0 Å². The van der Waals surface area contributed by atoms with Crippen molar-refractivity contribution < 1.29 is 12.8 Å². The summed E-state index contributed by atoms with van der Waals surface area (Å²) in [4.78, 5) is 0.302. The standard InChI is InChI=1S/C14H18N2O3S/c1-15-9-12-4-3-5-14(8-12)20(17,18)16(2)10-13-6-7-19-11-13/h3-8,11,15H,9-10H2,1-2H3. The van der Waals surface area contributed by atoms with E-state index >= 15 is 0 Å². The van der Waals surface area contributed by atoms with E-state index in [0.29, 0.717) is 11.4 Å². The number of sulfonamides is 1. The van der Waals surface area contributed by atoms with Crippen LogP contribution in [0, 0.1) is 0 Å². The van der Waals surface area contributed by atoms with Gasteiger partial charge in [0.2, 0.25) is 10.0 Å². The summed E-state index contributed by atoms with van der Waals surface area (Å²) in [6.07, 6.45) is 3.08. The lowest BCUT2D eigenvalue weighted by Crippen LogP contribution is -2.26. The average Bonchev–Trinajstić information content (AvgIpc) is 2.92. The Balaban J connectivity index is 2.22. The number of hydrogen-bond acceptors (Lipinski definition) is 4. The van der Waals surface area contributed by atoms with Crippen LogP contribution in [0.3, 0.4) is 0 Å². The normalized spacial score (nSPS) is 11.9. The first-order chi connectivity index (χ1) is 9.54. The lowest BCUT2D eigenvalue weighted by Gasteiger charge is -2.16. The number of rotatable bonds is 6. The van der Waals surface area contributed by atoms with Gasteiger partial charge in [0.15, 0.2) is 0 Å². The molecule has 0 radical (unpaired) electrons. The first kappa shape index (κ1) is 14.8. The molecule has 5 nitrogen and oxygen atoms in total. The van der Waals surface area contributed by atoms with Gasteiger partial charge in [0.1, 0.15) is 0 Å². The number of nitrogens with zero attached hydrogens (tertiary/aromatic N) is 1. The monoisotopic (exact) mass is 294 g/mol. The molecule has 0 aliphatic carbocycles. The van der Waals surface area contributed by atoms with Gasteiger partial charge in [0.25, 0.3) is 0 Å². The van der Waals surface area contributed by atoms with Crippen LogP contribution >= 0.6 is 0 Å². The molecule has 1 aromatic heterocycles. The molecule has 1 N–H and O–H groups in total. The molecule has 0 aliphatic rings. The Morgan fingerprint density at radius 3 is 2.70 bits per heavy atom. The van der Waals surface area contributed by atoms with Crippen LogP contribution in [-0.2, 0) is 23.1 Å². The zero-order valence-corrected chi connectivity index (χ0v) is 12.4. The molecular weight excluding hydrogens is 276 g/mol. The molecule has 6 heteroatoms. The van der Waals surface area contributed by atoms with Crippen LogP contribution in [0.15, 0.2) is 52.2 Å². The van der Waals surface area contributed by atoms with Gasteiger partial charge in [-0.25, -0.2) is 8.42 Å². The van der Waals surface area contributed by atoms with Crippen molar-refractivity contribution in [1.82, 2.24) is 9.62 Å². The third-order valence-corrected chi connectivity index (χ3v) is 4.77. The second-order valence-electron chi connectivity index (χ2n) is 4.57. The van der Waals surface area contributed by atoms with Gasteiger partial charge in [0.05, 0.1) is 17.4 Å². The molecule has 108 valence electrons. The van der Waals surface area contributed by atoms with Gasteiger partial charge in [-0.2, -0.15) is 4.31 Å². The Labute approximate surface area is 119 Å². The van der Waals surface area contributed by atoms with E-state index in [-0.39, 0.29) is 6.54 Å². The van der Waals surface area contributed by atoms with Gasteiger partial charge in [-0.1, -0.05) is 12.1 Å². The molecular formula is C14H18N2O3S. The second-order valence-corrected chi connectivity index (χ2v) is 6.62. The summed E-state index contributed by atoms with van der Waals surface area (Å²) < 4.78 is 31.3. The lowest BCUT2D eigenvalue weighted by atomic mass is 10.2. The highest BCUT2D eigenvalue weighted by atomic mass is 32.2. The predicted octanol–water partition coefficient (Wildman–Crippen LogP) is 1.82.